The Morgan fingerprint density at radius 2 is 2.03 bits per heavy atom. The highest BCUT2D eigenvalue weighted by Crippen LogP contribution is 2.29. The van der Waals surface area contributed by atoms with E-state index in [0.29, 0.717) is 22.1 Å². The van der Waals surface area contributed by atoms with Gasteiger partial charge in [0.25, 0.3) is 0 Å². The number of amides is 1. The predicted octanol–water partition coefficient (Wildman–Crippen LogP) is 3.81. The van der Waals surface area contributed by atoms with Crippen LogP contribution < -0.4 is 14.8 Å². The second kappa shape index (κ2) is 8.91. The lowest BCUT2D eigenvalue weighted by Crippen LogP contribution is -2.30. The molecule has 1 heterocycles. The Labute approximate surface area is 174 Å². The van der Waals surface area contributed by atoms with Gasteiger partial charge in [0.1, 0.15) is 18.0 Å². The van der Waals surface area contributed by atoms with E-state index in [1.54, 1.807) is 18.8 Å². The van der Waals surface area contributed by atoms with Crippen molar-refractivity contribution < 1.29 is 14.3 Å². The molecule has 0 saturated heterocycles. The molecule has 29 heavy (non-hydrogen) atoms. The van der Waals surface area contributed by atoms with Crippen LogP contribution in [-0.2, 0) is 11.3 Å². The molecule has 1 amide bonds. The molecule has 0 aliphatic rings. The van der Waals surface area contributed by atoms with Crippen LogP contribution in [0, 0.1) is 11.7 Å². The Balaban J connectivity index is 1.80. The second-order valence-electron chi connectivity index (χ2n) is 6.71. The number of aromatic nitrogens is 3. The monoisotopic (exact) mass is 412 g/mol. The molecule has 7 nitrogen and oxygen atoms in total. The average Bonchev–Trinajstić information content (AvgIpc) is 3.07. The zero-order chi connectivity index (χ0) is 21.0. The molecule has 0 bridgehead atoms. The quantitative estimate of drug-likeness (QED) is 0.577. The summed E-state index contributed by atoms with van der Waals surface area (Å²) in [5.41, 5.74) is 2.83. The van der Waals surface area contributed by atoms with E-state index < -0.39 is 0 Å². The lowest BCUT2D eigenvalue weighted by Gasteiger charge is -2.18. The first-order chi connectivity index (χ1) is 13.9. The number of nitrogens with zero attached hydrogens (tertiary/aromatic N) is 2. The lowest BCUT2D eigenvalue weighted by molar-refractivity contribution is -0.122. The van der Waals surface area contributed by atoms with Crippen molar-refractivity contribution >= 4 is 18.1 Å². The van der Waals surface area contributed by atoms with Crippen LogP contribution in [0.1, 0.15) is 24.1 Å². The molecule has 0 aliphatic carbocycles. The molecule has 0 aliphatic heterocycles. The van der Waals surface area contributed by atoms with Crippen LogP contribution in [0.3, 0.4) is 0 Å². The Morgan fingerprint density at radius 3 is 2.72 bits per heavy atom. The Kier molecular flexibility index (Phi) is 6.33. The van der Waals surface area contributed by atoms with Crippen LogP contribution in [0.2, 0.25) is 0 Å². The van der Waals surface area contributed by atoms with Crippen molar-refractivity contribution in [3.63, 3.8) is 0 Å². The summed E-state index contributed by atoms with van der Waals surface area (Å²) in [6, 6.07) is 13.1. The summed E-state index contributed by atoms with van der Waals surface area (Å²) in [5, 5.41) is 10.1. The number of hydrogen-bond donors (Lipinski definition) is 2. The first kappa shape index (κ1) is 20.6. The summed E-state index contributed by atoms with van der Waals surface area (Å²) in [7, 11) is 3.20. The molecular formula is C21H24N4O3S. The highest BCUT2D eigenvalue weighted by atomic mass is 32.1. The molecule has 0 saturated carbocycles. The molecule has 3 rings (SSSR count). The van der Waals surface area contributed by atoms with E-state index in [2.05, 4.69) is 15.5 Å². The molecule has 0 spiro atoms. The smallest absolute Gasteiger partial charge is 0.240 e. The third-order valence-electron chi connectivity index (χ3n) is 4.62. The van der Waals surface area contributed by atoms with Crippen LogP contribution in [0.4, 0.5) is 0 Å². The fraction of sp³-hybridized carbons (Fsp3) is 0.286. The van der Waals surface area contributed by atoms with E-state index in [1.807, 2.05) is 56.3 Å². The highest BCUT2D eigenvalue weighted by Gasteiger charge is 2.17. The van der Waals surface area contributed by atoms with Crippen molar-refractivity contribution in [2.45, 2.75) is 26.4 Å². The summed E-state index contributed by atoms with van der Waals surface area (Å²) in [6.07, 6.45) is 0. The SMILES string of the molecule is COc1ccc(OC)c([C@@H](C)NC(=O)Cn2c(-c3cccc(C)c3)n[nH]c2=S)c1. The van der Waals surface area contributed by atoms with E-state index in [-0.39, 0.29) is 18.5 Å². The first-order valence-electron chi connectivity index (χ1n) is 9.16. The zero-order valence-electron chi connectivity index (χ0n) is 16.9. The normalized spacial score (nSPS) is 11.7. The third-order valence-corrected chi connectivity index (χ3v) is 4.93. The molecule has 2 aromatic carbocycles. The molecule has 152 valence electrons. The minimum absolute atomic E-state index is 0.0508. The number of methoxy groups -OCH3 is 2. The maximum Gasteiger partial charge on any atom is 0.240 e. The number of benzene rings is 2. The molecule has 1 atom stereocenters. The maximum atomic E-state index is 12.8. The number of carbonyl (C=O) groups is 1. The van der Waals surface area contributed by atoms with Gasteiger partial charge in [-0.3, -0.25) is 14.5 Å². The topological polar surface area (TPSA) is 81.2 Å². The van der Waals surface area contributed by atoms with Gasteiger partial charge in [-0.15, -0.1) is 0 Å². The summed E-state index contributed by atoms with van der Waals surface area (Å²) in [5.74, 6) is 1.81. The maximum absolute atomic E-state index is 12.8. The molecule has 1 aromatic heterocycles. The van der Waals surface area contributed by atoms with Crippen molar-refractivity contribution in [2.75, 3.05) is 14.2 Å². The van der Waals surface area contributed by atoms with Crippen molar-refractivity contribution in [1.29, 1.82) is 0 Å². The second-order valence-corrected chi connectivity index (χ2v) is 7.09. The minimum Gasteiger partial charge on any atom is -0.497 e. The van der Waals surface area contributed by atoms with Gasteiger partial charge in [0.15, 0.2) is 10.6 Å². The van der Waals surface area contributed by atoms with Crippen LogP contribution in [0.25, 0.3) is 11.4 Å². The van der Waals surface area contributed by atoms with Gasteiger partial charge in [-0.05, 0) is 50.3 Å². The summed E-state index contributed by atoms with van der Waals surface area (Å²) in [6.45, 7) is 3.95. The number of hydrogen-bond acceptors (Lipinski definition) is 5. The Hall–Kier alpha value is -3.13. The summed E-state index contributed by atoms with van der Waals surface area (Å²) >= 11 is 5.33. The Morgan fingerprint density at radius 1 is 1.24 bits per heavy atom. The Bertz CT molecular complexity index is 1070. The summed E-state index contributed by atoms with van der Waals surface area (Å²) < 4.78 is 12.8. The number of H-pyrrole nitrogens is 1. The van der Waals surface area contributed by atoms with Crippen LogP contribution in [0.15, 0.2) is 42.5 Å². The van der Waals surface area contributed by atoms with E-state index in [4.69, 9.17) is 21.7 Å². The van der Waals surface area contributed by atoms with E-state index in [0.717, 1.165) is 16.7 Å². The largest absolute Gasteiger partial charge is 0.497 e. The minimum atomic E-state index is -0.281. The first-order valence-corrected chi connectivity index (χ1v) is 9.57. The standard InChI is InChI=1S/C21H24N4O3S/c1-13-6-5-7-15(10-13)20-23-24-21(29)25(20)12-19(26)22-14(2)17-11-16(27-3)8-9-18(17)28-4/h5-11,14H,12H2,1-4H3,(H,22,26)(H,24,29)/t14-/m1/s1. The van der Waals surface area contributed by atoms with E-state index in [1.165, 1.54) is 0 Å². The van der Waals surface area contributed by atoms with Crippen LogP contribution >= 0.6 is 12.2 Å². The summed E-state index contributed by atoms with van der Waals surface area (Å²) in [4.78, 5) is 12.8. The number of aromatic amines is 1. The van der Waals surface area contributed by atoms with Gasteiger partial charge in [0.05, 0.1) is 20.3 Å². The lowest BCUT2D eigenvalue weighted by atomic mass is 10.1. The fourth-order valence-corrected chi connectivity index (χ4v) is 3.35. The van der Waals surface area contributed by atoms with Gasteiger partial charge < -0.3 is 14.8 Å². The number of ether oxygens (including phenoxy) is 2. The average molecular weight is 413 g/mol. The fourth-order valence-electron chi connectivity index (χ4n) is 3.16. The molecule has 2 N–H and O–H groups in total. The van der Waals surface area contributed by atoms with Gasteiger partial charge in [0, 0.05) is 11.1 Å². The van der Waals surface area contributed by atoms with Crippen LogP contribution in [-0.4, -0.2) is 34.9 Å². The number of nitrogens with one attached hydrogen (secondary N) is 2. The van der Waals surface area contributed by atoms with Crippen LogP contribution in [0.5, 0.6) is 11.5 Å². The molecular weight excluding hydrogens is 388 g/mol. The molecule has 0 radical (unpaired) electrons. The number of aryl methyl sites for hydroxylation is 1. The van der Waals surface area contributed by atoms with Crippen molar-refractivity contribution in [2.24, 2.45) is 0 Å². The number of carbonyl (C=O) groups excluding carboxylic acids is 1. The number of rotatable bonds is 7. The van der Waals surface area contributed by atoms with Crippen molar-refractivity contribution in [3.8, 4) is 22.9 Å². The molecule has 8 heteroatoms. The predicted molar refractivity (Wildman–Crippen MR) is 114 cm³/mol. The van der Waals surface area contributed by atoms with Gasteiger partial charge in [-0.2, -0.15) is 5.10 Å². The molecule has 0 unspecified atom stereocenters. The van der Waals surface area contributed by atoms with Gasteiger partial charge in [-0.1, -0.05) is 23.8 Å². The molecule has 0 fully saturated rings. The zero-order valence-corrected chi connectivity index (χ0v) is 17.7. The van der Waals surface area contributed by atoms with Gasteiger partial charge >= 0.3 is 0 Å². The third kappa shape index (κ3) is 4.65. The van der Waals surface area contributed by atoms with E-state index >= 15 is 0 Å². The van der Waals surface area contributed by atoms with Gasteiger partial charge in [0.2, 0.25) is 5.91 Å². The molecule has 3 aromatic rings. The van der Waals surface area contributed by atoms with E-state index in [9.17, 15) is 4.79 Å². The van der Waals surface area contributed by atoms with Crippen molar-refractivity contribution in [1.82, 2.24) is 20.1 Å². The van der Waals surface area contributed by atoms with Crippen molar-refractivity contribution in [3.05, 3.63) is 58.4 Å². The van der Waals surface area contributed by atoms with Gasteiger partial charge in [-0.25, -0.2) is 0 Å². The highest BCUT2D eigenvalue weighted by molar-refractivity contribution is 7.71.